The first-order chi connectivity index (χ1) is 20.2. The number of ketones is 1. The lowest BCUT2D eigenvalue weighted by molar-refractivity contribution is -0.131. The summed E-state index contributed by atoms with van der Waals surface area (Å²) in [6.45, 7) is 4.89. The Morgan fingerprint density at radius 1 is 0.690 bits per heavy atom. The second-order valence-electron chi connectivity index (χ2n) is 10.6. The first kappa shape index (κ1) is 29.4. The van der Waals surface area contributed by atoms with E-state index in [4.69, 9.17) is 0 Å². The van der Waals surface area contributed by atoms with Gasteiger partial charge in [-0.05, 0) is 53.1 Å². The van der Waals surface area contributed by atoms with Gasteiger partial charge in [0.05, 0.1) is 0 Å². The van der Waals surface area contributed by atoms with Crippen molar-refractivity contribution in [3.05, 3.63) is 118 Å². The highest BCUT2D eigenvalue weighted by molar-refractivity contribution is 6.15. The molecule has 0 bridgehead atoms. The number of carbonyl (C=O) groups is 2. The standard InChI is InChI=1S/C33H31F4N3O2/c34-28-8-6-24(18-30(28)36)16-26-21-40(22-27(33(26)42)17-25-7-9-29(35)31(37)19-25)32(41)10-11-38-12-14-39(15-13-38)20-23-4-2-1-3-5-23/h1-9,16-19H,10-15,20-22H2/b26-16+,27-17+. The summed E-state index contributed by atoms with van der Waals surface area (Å²) in [5.41, 5.74) is 2.23. The van der Waals surface area contributed by atoms with Gasteiger partial charge in [0.1, 0.15) is 0 Å². The Balaban J connectivity index is 1.27. The molecule has 42 heavy (non-hydrogen) atoms. The van der Waals surface area contributed by atoms with Gasteiger partial charge < -0.3 is 9.80 Å². The van der Waals surface area contributed by atoms with Gasteiger partial charge in [-0.25, -0.2) is 17.6 Å². The Bertz CT molecular complexity index is 1440. The van der Waals surface area contributed by atoms with E-state index >= 15 is 0 Å². The molecule has 5 nitrogen and oxygen atoms in total. The second kappa shape index (κ2) is 13.3. The van der Waals surface area contributed by atoms with E-state index in [0.717, 1.165) is 57.0 Å². The van der Waals surface area contributed by atoms with E-state index in [1.54, 1.807) is 0 Å². The molecule has 9 heteroatoms. The van der Waals surface area contributed by atoms with Crippen LogP contribution in [0.5, 0.6) is 0 Å². The molecule has 2 heterocycles. The molecule has 0 aliphatic carbocycles. The zero-order chi connectivity index (χ0) is 29.6. The monoisotopic (exact) mass is 577 g/mol. The van der Waals surface area contributed by atoms with E-state index in [0.29, 0.717) is 6.54 Å². The van der Waals surface area contributed by atoms with Crippen LogP contribution in [0.3, 0.4) is 0 Å². The summed E-state index contributed by atoms with van der Waals surface area (Å²) < 4.78 is 54.6. The van der Waals surface area contributed by atoms with E-state index in [-0.39, 0.29) is 47.7 Å². The molecule has 2 aliphatic heterocycles. The number of Topliss-reactive ketones (excluding diaryl/α,β-unsaturated/α-hetero) is 1. The molecule has 0 N–H and O–H groups in total. The molecule has 0 radical (unpaired) electrons. The number of piperazine rings is 1. The van der Waals surface area contributed by atoms with Crippen LogP contribution in [0.2, 0.25) is 0 Å². The molecule has 218 valence electrons. The van der Waals surface area contributed by atoms with Crippen LogP contribution in [0.4, 0.5) is 17.6 Å². The molecular formula is C33H31F4N3O2. The minimum atomic E-state index is -1.05. The maximum absolute atomic E-state index is 13.8. The predicted molar refractivity (Wildman–Crippen MR) is 153 cm³/mol. The van der Waals surface area contributed by atoms with Crippen molar-refractivity contribution in [2.45, 2.75) is 13.0 Å². The number of likely N-dealkylation sites (tertiary alicyclic amines) is 1. The Morgan fingerprint density at radius 2 is 1.21 bits per heavy atom. The van der Waals surface area contributed by atoms with Crippen LogP contribution in [0, 0.1) is 23.3 Å². The second-order valence-corrected chi connectivity index (χ2v) is 10.6. The molecule has 3 aromatic carbocycles. The maximum atomic E-state index is 13.8. The average Bonchev–Trinajstić information content (AvgIpc) is 2.99. The van der Waals surface area contributed by atoms with Crippen LogP contribution in [0.15, 0.2) is 77.9 Å². The fourth-order valence-corrected chi connectivity index (χ4v) is 5.25. The number of hydrogen-bond donors (Lipinski definition) is 0. The predicted octanol–water partition coefficient (Wildman–Crippen LogP) is 5.33. The zero-order valence-corrected chi connectivity index (χ0v) is 23.0. The van der Waals surface area contributed by atoms with Gasteiger partial charge in [0.15, 0.2) is 29.1 Å². The van der Waals surface area contributed by atoms with E-state index in [2.05, 4.69) is 21.9 Å². The molecule has 2 fully saturated rings. The third-order valence-electron chi connectivity index (χ3n) is 7.58. The van der Waals surface area contributed by atoms with Gasteiger partial charge in [0, 0.05) is 69.9 Å². The lowest BCUT2D eigenvalue weighted by atomic mass is 9.94. The highest BCUT2D eigenvalue weighted by atomic mass is 19.2. The fourth-order valence-electron chi connectivity index (χ4n) is 5.25. The normalized spacial score (nSPS) is 18.7. The topological polar surface area (TPSA) is 43.9 Å². The highest BCUT2D eigenvalue weighted by Crippen LogP contribution is 2.24. The summed E-state index contributed by atoms with van der Waals surface area (Å²) in [6, 6.07) is 16.9. The molecule has 2 aliphatic rings. The Morgan fingerprint density at radius 3 is 1.74 bits per heavy atom. The van der Waals surface area contributed by atoms with Gasteiger partial charge in [0.25, 0.3) is 0 Å². The minimum absolute atomic E-state index is 0.00334. The summed E-state index contributed by atoms with van der Waals surface area (Å²) in [6.07, 6.45) is 3.09. The number of rotatable bonds is 7. The van der Waals surface area contributed by atoms with Crippen LogP contribution in [0.25, 0.3) is 12.2 Å². The van der Waals surface area contributed by atoms with Gasteiger partial charge in [0.2, 0.25) is 5.91 Å². The van der Waals surface area contributed by atoms with E-state index in [1.165, 1.54) is 34.7 Å². The van der Waals surface area contributed by atoms with Crippen molar-refractivity contribution in [2.24, 2.45) is 0 Å². The lowest BCUT2D eigenvalue weighted by Gasteiger charge is -2.35. The fraction of sp³-hybridized carbons (Fsp3) is 0.273. The molecule has 0 spiro atoms. The van der Waals surface area contributed by atoms with Crippen LogP contribution in [0.1, 0.15) is 23.1 Å². The van der Waals surface area contributed by atoms with Gasteiger partial charge in [-0.3, -0.25) is 14.5 Å². The van der Waals surface area contributed by atoms with Crippen LogP contribution in [-0.4, -0.2) is 72.2 Å². The Hall–Kier alpha value is -4.08. The number of amides is 1. The first-order valence-corrected chi connectivity index (χ1v) is 13.9. The van der Waals surface area contributed by atoms with E-state index in [1.807, 2.05) is 18.2 Å². The molecular weight excluding hydrogens is 546 g/mol. The average molecular weight is 578 g/mol. The van der Waals surface area contributed by atoms with Crippen molar-refractivity contribution in [3.63, 3.8) is 0 Å². The number of nitrogens with zero attached hydrogens (tertiary/aromatic N) is 3. The van der Waals surface area contributed by atoms with Crippen molar-refractivity contribution < 1.29 is 27.2 Å². The molecule has 1 amide bonds. The van der Waals surface area contributed by atoms with Gasteiger partial charge in [-0.15, -0.1) is 0 Å². The highest BCUT2D eigenvalue weighted by Gasteiger charge is 2.29. The third-order valence-corrected chi connectivity index (χ3v) is 7.58. The summed E-state index contributed by atoms with van der Waals surface area (Å²) in [5.74, 6) is -4.69. The maximum Gasteiger partial charge on any atom is 0.224 e. The van der Waals surface area contributed by atoms with Crippen LogP contribution < -0.4 is 0 Å². The molecule has 0 atom stereocenters. The molecule has 5 rings (SSSR count). The van der Waals surface area contributed by atoms with Gasteiger partial charge in [-0.2, -0.15) is 0 Å². The summed E-state index contributed by atoms with van der Waals surface area (Å²) in [7, 11) is 0. The summed E-state index contributed by atoms with van der Waals surface area (Å²) in [5, 5.41) is 0. The largest absolute Gasteiger partial charge is 0.334 e. The number of piperidine rings is 1. The molecule has 2 saturated heterocycles. The van der Waals surface area contributed by atoms with Crippen LogP contribution >= 0.6 is 0 Å². The smallest absolute Gasteiger partial charge is 0.224 e. The van der Waals surface area contributed by atoms with E-state index < -0.39 is 29.1 Å². The molecule has 0 unspecified atom stereocenters. The number of halogens is 4. The first-order valence-electron chi connectivity index (χ1n) is 13.9. The minimum Gasteiger partial charge on any atom is -0.334 e. The van der Waals surface area contributed by atoms with Crippen LogP contribution in [-0.2, 0) is 16.1 Å². The van der Waals surface area contributed by atoms with Crippen molar-refractivity contribution in [1.29, 1.82) is 0 Å². The molecule has 3 aromatic rings. The number of benzene rings is 3. The zero-order valence-electron chi connectivity index (χ0n) is 23.0. The van der Waals surface area contributed by atoms with Crippen molar-refractivity contribution >= 4 is 23.8 Å². The molecule has 0 saturated carbocycles. The summed E-state index contributed by atoms with van der Waals surface area (Å²) >= 11 is 0. The van der Waals surface area contributed by atoms with Gasteiger partial charge >= 0.3 is 0 Å². The third kappa shape index (κ3) is 7.40. The van der Waals surface area contributed by atoms with Crippen molar-refractivity contribution in [2.75, 3.05) is 45.8 Å². The Kier molecular flexibility index (Phi) is 9.29. The van der Waals surface area contributed by atoms with Crippen molar-refractivity contribution in [1.82, 2.24) is 14.7 Å². The number of carbonyl (C=O) groups excluding carboxylic acids is 2. The SMILES string of the molecule is O=C1/C(=C/c2ccc(F)c(F)c2)CN(C(=O)CCN2CCN(Cc3ccccc3)CC2)C/C1=C\c1ccc(F)c(F)c1. The number of hydrogen-bond acceptors (Lipinski definition) is 4. The van der Waals surface area contributed by atoms with Crippen molar-refractivity contribution in [3.8, 4) is 0 Å². The lowest BCUT2D eigenvalue weighted by Crippen LogP contribution is -2.47. The van der Waals surface area contributed by atoms with Gasteiger partial charge in [-0.1, -0.05) is 42.5 Å². The molecule has 0 aromatic heterocycles. The Labute approximate surface area is 242 Å². The summed E-state index contributed by atoms with van der Waals surface area (Å²) in [4.78, 5) is 32.9. The quantitative estimate of drug-likeness (QED) is 0.281. The van der Waals surface area contributed by atoms with E-state index in [9.17, 15) is 27.2 Å².